The van der Waals surface area contributed by atoms with Gasteiger partial charge in [0.2, 0.25) is 20.6 Å². The summed E-state index contributed by atoms with van der Waals surface area (Å²) >= 11 is 0. The predicted molar refractivity (Wildman–Crippen MR) is 48.2 cm³/mol. The zero-order valence-corrected chi connectivity index (χ0v) is 7.81. The maximum absolute atomic E-state index is 10.4. The summed E-state index contributed by atoms with van der Waals surface area (Å²) in [5.41, 5.74) is 6.84. The van der Waals surface area contributed by atoms with Crippen LogP contribution in [0.15, 0.2) is 23.9 Å². The van der Waals surface area contributed by atoms with Crippen molar-refractivity contribution in [1.82, 2.24) is 5.73 Å². The van der Waals surface area contributed by atoms with E-state index in [-0.39, 0.29) is 15.4 Å². The molecule has 1 N–H and O–H groups in total. The highest BCUT2D eigenvalue weighted by atomic mass is 32.2. The lowest BCUT2D eigenvalue weighted by Gasteiger charge is -1.99. The smallest absolute Gasteiger partial charge is 0.223 e. The Morgan fingerprint density at radius 3 is 2.00 bits per heavy atom. The first kappa shape index (κ1) is 9.75. The van der Waals surface area contributed by atoms with Crippen LogP contribution in [0.4, 0.5) is 0 Å². The monoisotopic (exact) mass is 218 g/mol. The van der Waals surface area contributed by atoms with Gasteiger partial charge in [0.05, 0.1) is 10.6 Å². The molecule has 0 saturated heterocycles. The molecule has 1 radical (unpaired) electrons. The summed E-state index contributed by atoms with van der Waals surface area (Å²) in [5, 5.41) is 0. The van der Waals surface area contributed by atoms with E-state index < -0.39 is 20.6 Å². The van der Waals surface area contributed by atoms with E-state index in [0.717, 1.165) is 18.2 Å². The van der Waals surface area contributed by atoms with Gasteiger partial charge in [-0.15, -0.1) is 0 Å². The average Bonchev–Trinajstić information content (AvgIpc) is 2.03. The maximum Gasteiger partial charge on any atom is 0.223 e. The van der Waals surface area contributed by atoms with Crippen LogP contribution in [-0.4, -0.2) is 26.6 Å². The van der Waals surface area contributed by atoms with E-state index in [0.29, 0.717) is 0 Å². The third-order valence-corrected chi connectivity index (χ3v) is 2.68. The number of hydrogen-bond donors (Lipinski definition) is 0. The van der Waals surface area contributed by atoms with Crippen molar-refractivity contribution in [3.63, 3.8) is 0 Å². The lowest BCUT2D eigenvalue weighted by molar-refractivity contribution is 0.625. The van der Waals surface area contributed by atoms with Gasteiger partial charge in [-0.3, -0.25) is 5.73 Å². The van der Waals surface area contributed by atoms with E-state index in [1.807, 2.05) is 0 Å². The zero-order chi connectivity index (χ0) is 10.0. The van der Waals surface area contributed by atoms with Gasteiger partial charge in [-0.2, -0.15) is 16.8 Å². The standard InChI is InChI=1S/C6H4NO4S2/c7-5-3-4(12(8)9)1-2-6(5)13(10)11/h1-3,7H. The highest BCUT2D eigenvalue weighted by molar-refractivity contribution is 7.74. The van der Waals surface area contributed by atoms with Gasteiger partial charge < -0.3 is 0 Å². The van der Waals surface area contributed by atoms with Crippen molar-refractivity contribution < 1.29 is 16.8 Å². The molecule has 0 aromatic heterocycles. The second-order valence-electron chi connectivity index (χ2n) is 2.13. The van der Waals surface area contributed by atoms with Gasteiger partial charge in [0.1, 0.15) is 4.86 Å². The van der Waals surface area contributed by atoms with E-state index in [2.05, 4.69) is 0 Å². The van der Waals surface area contributed by atoms with E-state index in [4.69, 9.17) is 5.73 Å². The van der Waals surface area contributed by atoms with Crippen molar-refractivity contribution >= 4 is 30.3 Å². The molecule has 0 unspecified atom stereocenters. The fraction of sp³-hybridized carbons (Fsp3) is 0. The minimum atomic E-state index is -2.50. The second kappa shape index (κ2) is 3.58. The molecule has 0 atom stereocenters. The van der Waals surface area contributed by atoms with E-state index >= 15 is 0 Å². The third kappa shape index (κ3) is 2.07. The van der Waals surface area contributed by atoms with E-state index in [9.17, 15) is 16.8 Å². The molecule has 0 heterocycles. The zero-order valence-electron chi connectivity index (χ0n) is 6.18. The van der Waals surface area contributed by atoms with E-state index in [1.165, 1.54) is 0 Å². The molecule has 1 rings (SSSR count). The fourth-order valence-corrected chi connectivity index (χ4v) is 1.57. The van der Waals surface area contributed by atoms with Gasteiger partial charge in [0.25, 0.3) is 0 Å². The fourth-order valence-electron chi connectivity index (χ4n) is 0.758. The molecule has 69 valence electrons. The van der Waals surface area contributed by atoms with Crippen molar-refractivity contribution in [2.45, 2.75) is 0 Å². The maximum atomic E-state index is 10.4. The molecule has 0 bridgehead atoms. The molecule has 0 aromatic rings. The quantitative estimate of drug-likeness (QED) is 0.479. The van der Waals surface area contributed by atoms with Crippen LogP contribution in [0, 0.1) is 0 Å². The first-order valence-corrected chi connectivity index (χ1v) is 5.21. The SMILES string of the molecule is [NH]C1=CC(=S(=O)=O)C=CC1=S(=O)=O. The molecule has 1 aliphatic rings. The average molecular weight is 218 g/mol. The topological polar surface area (TPSA) is 92.1 Å². The Kier molecular flexibility index (Phi) is 2.69. The largest absolute Gasteiger partial charge is 0.299 e. The molecule has 1 aliphatic carbocycles. The molecule has 0 aromatic carbocycles. The molecular weight excluding hydrogens is 214 g/mol. The van der Waals surface area contributed by atoms with Crippen molar-refractivity contribution in [2.75, 3.05) is 0 Å². The van der Waals surface area contributed by atoms with Crippen molar-refractivity contribution in [1.29, 1.82) is 0 Å². The Bertz CT molecular complexity index is 544. The minimum Gasteiger partial charge on any atom is -0.299 e. The molecule has 0 fully saturated rings. The summed E-state index contributed by atoms with van der Waals surface area (Å²) in [5.74, 6) is 0. The van der Waals surface area contributed by atoms with Crippen molar-refractivity contribution in [3.05, 3.63) is 23.9 Å². The van der Waals surface area contributed by atoms with Gasteiger partial charge in [-0.25, -0.2) is 0 Å². The number of nitrogens with one attached hydrogen (secondary N) is 1. The Balaban J connectivity index is 3.47. The predicted octanol–water partition coefficient (Wildman–Crippen LogP) is -1.17. The van der Waals surface area contributed by atoms with Crippen LogP contribution in [0.1, 0.15) is 0 Å². The molecular formula is C6H4NO4S2. The third-order valence-electron chi connectivity index (χ3n) is 1.32. The van der Waals surface area contributed by atoms with E-state index in [1.54, 1.807) is 0 Å². The van der Waals surface area contributed by atoms with Crippen LogP contribution in [0.3, 0.4) is 0 Å². The molecule has 5 nitrogen and oxygen atoms in total. The van der Waals surface area contributed by atoms with Crippen molar-refractivity contribution in [3.8, 4) is 0 Å². The summed E-state index contributed by atoms with van der Waals surface area (Å²) in [6, 6.07) is 0. The Labute approximate surface area is 77.2 Å². The van der Waals surface area contributed by atoms with Crippen LogP contribution in [-0.2, 0) is 20.6 Å². The second-order valence-corrected chi connectivity index (χ2v) is 3.98. The van der Waals surface area contributed by atoms with Crippen molar-refractivity contribution in [2.24, 2.45) is 0 Å². The molecule has 0 aliphatic heterocycles. The molecule has 13 heavy (non-hydrogen) atoms. The highest BCUT2D eigenvalue weighted by Gasteiger charge is 2.09. The number of rotatable bonds is 0. The van der Waals surface area contributed by atoms with Gasteiger partial charge in [0, 0.05) is 0 Å². The molecule has 0 saturated carbocycles. The van der Waals surface area contributed by atoms with Crippen LogP contribution >= 0.6 is 0 Å². The normalized spacial score (nSPS) is 15.5. The van der Waals surface area contributed by atoms with Gasteiger partial charge in [-0.1, -0.05) is 0 Å². The van der Waals surface area contributed by atoms with Crippen LogP contribution in [0.2, 0.25) is 0 Å². The number of hydrogen-bond acceptors (Lipinski definition) is 4. The summed E-state index contributed by atoms with van der Waals surface area (Å²) in [4.78, 5) is -0.312. The Morgan fingerprint density at radius 1 is 1.00 bits per heavy atom. The Morgan fingerprint density at radius 2 is 1.62 bits per heavy atom. The molecule has 0 spiro atoms. The van der Waals surface area contributed by atoms with Gasteiger partial charge in [0.15, 0.2) is 0 Å². The lowest BCUT2D eigenvalue weighted by atomic mass is 10.1. The molecule has 0 amide bonds. The van der Waals surface area contributed by atoms with Crippen LogP contribution in [0.25, 0.3) is 0 Å². The summed E-state index contributed by atoms with van der Waals surface area (Å²) in [7, 11) is -4.93. The Hall–Kier alpha value is -1.34. The summed E-state index contributed by atoms with van der Waals surface area (Å²) in [6.45, 7) is 0. The lowest BCUT2D eigenvalue weighted by Crippen LogP contribution is -2.10. The summed E-state index contributed by atoms with van der Waals surface area (Å²) in [6.07, 6.45) is 3.19. The van der Waals surface area contributed by atoms with Crippen LogP contribution < -0.4 is 5.73 Å². The minimum absolute atomic E-state index is 0.0980. The van der Waals surface area contributed by atoms with Gasteiger partial charge >= 0.3 is 0 Å². The number of allylic oxidation sites excluding steroid dienone is 3. The van der Waals surface area contributed by atoms with Gasteiger partial charge in [-0.05, 0) is 18.2 Å². The van der Waals surface area contributed by atoms with Crippen LogP contribution in [0.5, 0.6) is 0 Å². The summed E-state index contributed by atoms with van der Waals surface area (Å²) < 4.78 is 41.7. The molecule has 7 heteroatoms. The first-order chi connectivity index (χ1) is 6.02. The highest BCUT2D eigenvalue weighted by Crippen LogP contribution is 2.01. The first-order valence-electron chi connectivity index (χ1n) is 3.06.